The van der Waals surface area contributed by atoms with Crippen LogP contribution in [0.4, 0.5) is 16.2 Å². The lowest BCUT2D eigenvalue weighted by Gasteiger charge is -2.36. The van der Waals surface area contributed by atoms with Crippen molar-refractivity contribution in [2.45, 2.75) is 26.8 Å². The van der Waals surface area contributed by atoms with E-state index < -0.39 is 0 Å². The monoisotopic (exact) mass is 481 g/mol. The average Bonchev–Trinajstić information content (AvgIpc) is 2.87. The highest BCUT2D eigenvalue weighted by Gasteiger charge is 2.23. The van der Waals surface area contributed by atoms with Crippen LogP contribution in [0.15, 0.2) is 48.5 Å². The van der Waals surface area contributed by atoms with Crippen LogP contribution in [0.1, 0.15) is 31.1 Å². The summed E-state index contributed by atoms with van der Waals surface area (Å²) < 4.78 is 5.16. The van der Waals surface area contributed by atoms with E-state index in [1.54, 1.807) is 31.4 Å². The lowest BCUT2D eigenvalue weighted by molar-refractivity contribution is -0.117. The zero-order valence-corrected chi connectivity index (χ0v) is 20.9. The van der Waals surface area contributed by atoms with E-state index in [-0.39, 0.29) is 30.4 Å². The molecule has 0 saturated carbocycles. The molecule has 0 aromatic heterocycles. The van der Waals surface area contributed by atoms with Crippen molar-refractivity contribution in [1.82, 2.24) is 15.1 Å². The van der Waals surface area contributed by atoms with Gasteiger partial charge in [0.15, 0.2) is 0 Å². The molecule has 1 aliphatic rings. The third-order valence-corrected chi connectivity index (χ3v) is 5.95. The topological polar surface area (TPSA) is 94.2 Å². The fourth-order valence-electron chi connectivity index (χ4n) is 3.94. The molecule has 4 amide bonds. The Morgan fingerprint density at radius 1 is 0.971 bits per heavy atom. The first-order valence-electron chi connectivity index (χ1n) is 11.9. The molecular weight excluding hydrogens is 446 g/mol. The summed E-state index contributed by atoms with van der Waals surface area (Å²) in [4.78, 5) is 43.0. The van der Waals surface area contributed by atoms with Gasteiger partial charge < -0.3 is 30.1 Å². The van der Waals surface area contributed by atoms with E-state index in [4.69, 9.17) is 4.74 Å². The Balaban J connectivity index is 1.51. The molecule has 2 aromatic carbocycles. The lowest BCUT2D eigenvalue weighted by atomic mass is 10.1. The predicted molar refractivity (Wildman–Crippen MR) is 137 cm³/mol. The summed E-state index contributed by atoms with van der Waals surface area (Å²) in [5, 5.41) is 5.60. The Hall–Kier alpha value is -3.75. The normalized spacial score (nSPS) is 13.4. The molecule has 0 radical (unpaired) electrons. The van der Waals surface area contributed by atoms with E-state index in [0.717, 1.165) is 24.5 Å². The third kappa shape index (κ3) is 6.88. The van der Waals surface area contributed by atoms with Gasteiger partial charge in [0.2, 0.25) is 5.91 Å². The zero-order valence-electron chi connectivity index (χ0n) is 20.9. The third-order valence-electron chi connectivity index (χ3n) is 5.95. The molecule has 1 saturated heterocycles. The summed E-state index contributed by atoms with van der Waals surface area (Å²) in [7, 11) is 1.60. The number of carbonyl (C=O) groups is 3. The van der Waals surface area contributed by atoms with Crippen molar-refractivity contribution in [2.75, 3.05) is 56.6 Å². The SMILES string of the molecule is CCNC(=O)N(CC(=O)Nc1ccc(N2CCN(C(=O)c3ccc(OC)cc3)CC2)cc1)C(C)C. The Labute approximate surface area is 207 Å². The van der Waals surface area contributed by atoms with E-state index in [0.29, 0.717) is 30.9 Å². The maximum atomic E-state index is 12.8. The zero-order chi connectivity index (χ0) is 25.4. The summed E-state index contributed by atoms with van der Waals surface area (Å²) in [6, 6.07) is 14.5. The van der Waals surface area contributed by atoms with Crippen LogP contribution in [0.25, 0.3) is 0 Å². The van der Waals surface area contributed by atoms with Crippen LogP contribution < -0.4 is 20.3 Å². The van der Waals surface area contributed by atoms with Gasteiger partial charge in [-0.2, -0.15) is 0 Å². The summed E-state index contributed by atoms with van der Waals surface area (Å²) >= 11 is 0. The van der Waals surface area contributed by atoms with Crippen LogP contribution >= 0.6 is 0 Å². The molecular formula is C26H35N5O4. The van der Waals surface area contributed by atoms with E-state index in [1.165, 1.54) is 4.90 Å². The molecule has 0 aliphatic carbocycles. The van der Waals surface area contributed by atoms with Gasteiger partial charge in [-0.25, -0.2) is 4.79 Å². The molecule has 2 N–H and O–H groups in total. The van der Waals surface area contributed by atoms with Gasteiger partial charge in [-0.3, -0.25) is 9.59 Å². The highest BCUT2D eigenvalue weighted by atomic mass is 16.5. The highest BCUT2D eigenvalue weighted by Crippen LogP contribution is 2.21. The maximum Gasteiger partial charge on any atom is 0.318 e. The van der Waals surface area contributed by atoms with Crippen molar-refractivity contribution in [2.24, 2.45) is 0 Å². The van der Waals surface area contributed by atoms with Gasteiger partial charge in [0.25, 0.3) is 5.91 Å². The number of piperazine rings is 1. The number of hydrogen-bond donors (Lipinski definition) is 2. The van der Waals surface area contributed by atoms with E-state index in [1.807, 2.05) is 49.9 Å². The average molecular weight is 482 g/mol. The van der Waals surface area contributed by atoms with Gasteiger partial charge in [-0.15, -0.1) is 0 Å². The molecule has 9 heteroatoms. The molecule has 3 rings (SSSR count). The second-order valence-corrected chi connectivity index (χ2v) is 8.66. The number of carbonyl (C=O) groups excluding carboxylic acids is 3. The second kappa shape index (κ2) is 12.1. The number of urea groups is 1. The number of ether oxygens (including phenoxy) is 1. The number of benzene rings is 2. The minimum atomic E-state index is -0.252. The van der Waals surface area contributed by atoms with E-state index in [2.05, 4.69) is 15.5 Å². The van der Waals surface area contributed by atoms with Gasteiger partial charge in [-0.1, -0.05) is 0 Å². The van der Waals surface area contributed by atoms with Gasteiger partial charge >= 0.3 is 6.03 Å². The molecule has 188 valence electrons. The van der Waals surface area contributed by atoms with Crippen molar-refractivity contribution >= 4 is 29.2 Å². The van der Waals surface area contributed by atoms with Gasteiger partial charge in [0, 0.05) is 55.7 Å². The molecule has 1 fully saturated rings. The molecule has 0 atom stereocenters. The molecule has 1 heterocycles. The molecule has 0 bridgehead atoms. The summed E-state index contributed by atoms with van der Waals surface area (Å²) in [5.41, 5.74) is 2.36. The summed E-state index contributed by atoms with van der Waals surface area (Å²) in [6.07, 6.45) is 0. The van der Waals surface area contributed by atoms with Crippen LogP contribution in [0.3, 0.4) is 0 Å². The Bertz CT molecular complexity index is 999. The van der Waals surface area contributed by atoms with Crippen LogP contribution in [0, 0.1) is 0 Å². The smallest absolute Gasteiger partial charge is 0.318 e. The van der Waals surface area contributed by atoms with Gasteiger partial charge in [0.1, 0.15) is 12.3 Å². The molecule has 0 unspecified atom stereocenters. The first-order chi connectivity index (χ1) is 16.8. The summed E-state index contributed by atoms with van der Waals surface area (Å²) in [6.45, 7) is 8.81. The van der Waals surface area contributed by atoms with Crippen molar-refractivity contribution < 1.29 is 19.1 Å². The van der Waals surface area contributed by atoms with Crippen LogP contribution in [-0.2, 0) is 4.79 Å². The van der Waals surface area contributed by atoms with Crippen molar-refractivity contribution in [1.29, 1.82) is 0 Å². The Morgan fingerprint density at radius 2 is 1.60 bits per heavy atom. The number of rotatable bonds is 8. The van der Waals surface area contributed by atoms with Crippen molar-refractivity contribution in [3.05, 3.63) is 54.1 Å². The molecule has 9 nitrogen and oxygen atoms in total. The number of anilines is 2. The fraction of sp³-hybridized carbons (Fsp3) is 0.423. The minimum absolute atomic E-state index is 0.0184. The fourth-order valence-corrected chi connectivity index (χ4v) is 3.94. The standard InChI is InChI=1S/C26H35N5O4/c1-5-27-26(34)31(19(2)3)18-24(32)28-21-8-10-22(11-9-21)29-14-16-30(17-15-29)25(33)20-6-12-23(35-4)13-7-20/h6-13,19H,5,14-18H2,1-4H3,(H,27,34)(H,28,32). The molecule has 1 aliphatic heterocycles. The lowest BCUT2D eigenvalue weighted by Crippen LogP contribution is -2.48. The Morgan fingerprint density at radius 3 is 2.14 bits per heavy atom. The number of hydrogen-bond acceptors (Lipinski definition) is 5. The van der Waals surface area contributed by atoms with Gasteiger partial charge in [0.05, 0.1) is 7.11 Å². The van der Waals surface area contributed by atoms with Crippen LogP contribution in [-0.4, -0.2) is 80.1 Å². The van der Waals surface area contributed by atoms with Crippen molar-refractivity contribution in [3.8, 4) is 5.75 Å². The number of methoxy groups -OCH3 is 1. The largest absolute Gasteiger partial charge is 0.497 e. The first-order valence-corrected chi connectivity index (χ1v) is 11.9. The van der Waals surface area contributed by atoms with Crippen molar-refractivity contribution in [3.63, 3.8) is 0 Å². The molecule has 2 aromatic rings. The highest BCUT2D eigenvalue weighted by molar-refractivity contribution is 5.95. The van der Waals surface area contributed by atoms with Crippen LogP contribution in [0.2, 0.25) is 0 Å². The molecule has 0 spiro atoms. The first kappa shape index (κ1) is 25.9. The Kier molecular flexibility index (Phi) is 8.94. The van der Waals surface area contributed by atoms with E-state index in [9.17, 15) is 14.4 Å². The van der Waals surface area contributed by atoms with Gasteiger partial charge in [-0.05, 0) is 69.3 Å². The quantitative estimate of drug-likeness (QED) is 0.605. The summed E-state index contributed by atoms with van der Waals surface area (Å²) in [5.74, 6) is 0.502. The predicted octanol–water partition coefficient (Wildman–Crippen LogP) is 3.04. The van der Waals surface area contributed by atoms with E-state index >= 15 is 0 Å². The maximum absolute atomic E-state index is 12.8. The minimum Gasteiger partial charge on any atom is -0.497 e. The number of amides is 4. The molecule has 35 heavy (non-hydrogen) atoms. The number of nitrogens with zero attached hydrogens (tertiary/aromatic N) is 3. The van der Waals surface area contributed by atoms with Crippen LogP contribution in [0.5, 0.6) is 5.75 Å². The second-order valence-electron chi connectivity index (χ2n) is 8.66. The number of nitrogens with one attached hydrogen (secondary N) is 2.